The van der Waals surface area contributed by atoms with Crippen molar-refractivity contribution in [3.8, 4) is 11.6 Å². The summed E-state index contributed by atoms with van der Waals surface area (Å²) in [5.74, 6) is 1.31. The predicted octanol–water partition coefficient (Wildman–Crippen LogP) is 5.14. The Bertz CT molecular complexity index is 953. The number of nitrogens with zero attached hydrogens (tertiary/aromatic N) is 5. The van der Waals surface area contributed by atoms with Crippen LogP contribution in [-0.4, -0.2) is 37.5 Å². The van der Waals surface area contributed by atoms with Crippen molar-refractivity contribution in [2.75, 3.05) is 6.54 Å². The summed E-state index contributed by atoms with van der Waals surface area (Å²) in [4.78, 5) is 2.64. The first-order valence-electron chi connectivity index (χ1n) is 10.8. The molecule has 3 heterocycles. The molecule has 148 valence electrons. The largest absolute Gasteiger partial charge is 0.417 e. The third kappa shape index (κ3) is 3.04. The quantitative estimate of drug-likeness (QED) is 0.628. The van der Waals surface area contributed by atoms with E-state index in [2.05, 4.69) is 41.1 Å². The Morgan fingerprint density at radius 2 is 1.79 bits per heavy atom. The minimum atomic E-state index is 0.261. The number of likely N-dealkylation sites (tertiary alicyclic amines) is 1. The second-order valence-corrected chi connectivity index (χ2v) is 8.54. The van der Waals surface area contributed by atoms with E-state index < -0.39 is 0 Å². The van der Waals surface area contributed by atoms with Crippen LogP contribution in [0.25, 0.3) is 22.5 Å². The maximum Gasteiger partial charge on any atom is 0.268 e. The average Bonchev–Trinajstić information content (AvgIpc) is 3.46. The Morgan fingerprint density at radius 1 is 1.00 bits per heavy atom. The number of aromatic nitrogens is 4. The molecule has 3 aromatic rings. The summed E-state index contributed by atoms with van der Waals surface area (Å²) in [7, 11) is 0. The van der Waals surface area contributed by atoms with Crippen LogP contribution < -0.4 is 0 Å². The summed E-state index contributed by atoms with van der Waals surface area (Å²) in [5, 5.41) is 14.8. The smallest absolute Gasteiger partial charge is 0.268 e. The van der Waals surface area contributed by atoms with Crippen LogP contribution in [0.2, 0.25) is 0 Å². The number of hydrogen-bond donors (Lipinski definition) is 0. The third-order valence-electron chi connectivity index (χ3n) is 6.37. The molecule has 1 saturated carbocycles. The van der Waals surface area contributed by atoms with Crippen LogP contribution in [0.3, 0.4) is 0 Å². The molecular formula is C22H29N5O. The normalized spacial score (nSPS) is 21.9. The second kappa shape index (κ2) is 7.32. The molecule has 0 amide bonds. The summed E-state index contributed by atoms with van der Waals surface area (Å²) in [6, 6.07) is 9.50. The number of rotatable bonds is 4. The zero-order valence-corrected chi connectivity index (χ0v) is 16.8. The lowest BCUT2D eigenvalue weighted by atomic mass is 9.99. The Morgan fingerprint density at radius 3 is 2.61 bits per heavy atom. The third-order valence-corrected chi connectivity index (χ3v) is 6.37. The summed E-state index contributed by atoms with van der Waals surface area (Å²) in [6.07, 6.45) is 8.93. The van der Waals surface area contributed by atoms with Crippen LogP contribution >= 0.6 is 0 Å². The highest BCUT2D eigenvalue weighted by molar-refractivity contribution is 5.91. The molecule has 6 nitrogen and oxygen atoms in total. The molecule has 0 N–H and O–H groups in total. The van der Waals surface area contributed by atoms with Crippen molar-refractivity contribution in [2.45, 2.75) is 76.9 Å². The van der Waals surface area contributed by atoms with E-state index in [-0.39, 0.29) is 12.1 Å². The van der Waals surface area contributed by atoms with Gasteiger partial charge in [-0.05, 0) is 52.1 Å². The molecule has 0 spiro atoms. The Hall–Kier alpha value is -2.21. The fourth-order valence-electron chi connectivity index (χ4n) is 5.00. The maximum absolute atomic E-state index is 6.26. The van der Waals surface area contributed by atoms with Crippen LogP contribution in [-0.2, 0) is 0 Å². The van der Waals surface area contributed by atoms with Gasteiger partial charge in [-0.3, -0.25) is 9.58 Å². The van der Waals surface area contributed by atoms with E-state index >= 15 is 0 Å². The van der Waals surface area contributed by atoms with Gasteiger partial charge >= 0.3 is 0 Å². The summed E-state index contributed by atoms with van der Waals surface area (Å²) >= 11 is 0. The van der Waals surface area contributed by atoms with Crippen LogP contribution in [0, 0.1) is 0 Å². The molecule has 2 fully saturated rings. The number of para-hydroxylation sites is 1. The van der Waals surface area contributed by atoms with Gasteiger partial charge in [0.1, 0.15) is 0 Å². The zero-order chi connectivity index (χ0) is 19.1. The molecule has 1 aliphatic carbocycles. The molecule has 0 bridgehead atoms. The van der Waals surface area contributed by atoms with Gasteiger partial charge in [-0.1, -0.05) is 37.5 Å². The van der Waals surface area contributed by atoms with E-state index in [1.165, 1.54) is 38.5 Å². The zero-order valence-electron chi connectivity index (χ0n) is 16.8. The molecule has 0 radical (unpaired) electrons. The molecule has 1 aliphatic heterocycles. The molecule has 1 aromatic carbocycles. The highest BCUT2D eigenvalue weighted by Crippen LogP contribution is 2.38. The molecule has 1 unspecified atom stereocenters. The first-order chi connectivity index (χ1) is 13.7. The second-order valence-electron chi connectivity index (χ2n) is 8.54. The first kappa shape index (κ1) is 17.9. The van der Waals surface area contributed by atoms with Gasteiger partial charge in [0.15, 0.2) is 5.69 Å². The maximum atomic E-state index is 6.26. The first-order valence-corrected chi connectivity index (χ1v) is 10.8. The van der Waals surface area contributed by atoms with Crippen molar-refractivity contribution in [1.29, 1.82) is 0 Å². The summed E-state index contributed by atoms with van der Waals surface area (Å²) < 4.78 is 8.30. The van der Waals surface area contributed by atoms with Crippen LogP contribution in [0.1, 0.15) is 76.8 Å². The van der Waals surface area contributed by atoms with Crippen molar-refractivity contribution < 1.29 is 4.42 Å². The van der Waals surface area contributed by atoms with E-state index in [4.69, 9.17) is 9.52 Å². The van der Waals surface area contributed by atoms with E-state index in [1.807, 2.05) is 16.8 Å². The lowest BCUT2D eigenvalue weighted by Gasteiger charge is -2.37. The van der Waals surface area contributed by atoms with Crippen molar-refractivity contribution in [3.05, 3.63) is 30.2 Å². The van der Waals surface area contributed by atoms with Gasteiger partial charge in [0.25, 0.3) is 5.89 Å². The molecular weight excluding hydrogens is 350 g/mol. The van der Waals surface area contributed by atoms with E-state index in [0.29, 0.717) is 11.9 Å². The monoisotopic (exact) mass is 379 g/mol. The highest BCUT2D eigenvalue weighted by Gasteiger charge is 2.35. The van der Waals surface area contributed by atoms with E-state index in [0.717, 1.165) is 35.5 Å². The molecule has 5 rings (SSSR count). The molecule has 1 atom stereocenters. The van der Waals surface area contributed by atoms with Crippen LogP contribution in [0.15, 0.2) is 28.7 Å². The van der Waals surface area contributed by atoms with Crippen LogP contribution in [0.5, 0.6) is 0 Å². The van der Waals surface area contributed by atoms with Gasteiger partial charge < -0.3 is 4.42 Å². The van der Waals surface area contributed by atoms with Gasteiger partial charge in [0.2, 0.25) is 5.89 Å². The fraction of sp³-hybridized carbons (Fsp3) is 0.591. The minimum absolute atomic E-state index is 0.261. The SMILES string of the molecule is CC(C)n1nc(-c2nnc(C3CCCCN3C3CCCC3)o2)c2ccccc21. The number of fused-ring (bicyclic) bond motifs is 1. The molecule has 28 heavy (non-hydrogen) atoms. The summed E-state index contributed by atoms with van der Waals surface area (Å²) in [5.41, 5.74) is 1.91. The molecule has 6 heteroatoms. The molecule has 1 saturated heterocycles. The predicted molar refractivity (Wildman–Crippen MR) is 109 cm³/mol. The Kier molecular flexibility index (Phi) is 4.67. The lowest BCUT2D eigenvalue weighted by Crippen LogP contribution is -2.40. The summed E-state index contributed by atoms with van der Waals surface area (Å²) in [6.45, 7) is 5.44. The van der Waals surface area contributed by atoms with Crippen molar-refractivity contribution in [1.82, 2.24) is 24.9 Å². The fourth-order valence-corrected chi connectivity index (χ4v) is 5.00. The van der Waals surface area contributed by atoms with Gasteiger partial charge in [0, 0.05) is 17.5 Å². The minimum Gasteiger partial charge on any atom is -0.417 e. The van der Waals surface area contributed by atoms with Gasteiger partial charge in [0.05, 0.1) is 11.6 Å². The molecule has 2 aromatic heterocycles. The Balaban J connectivity index is 1.50. The van der Waals surface area contributed by atoms with Crippen molar-refractivity contribution in [3.63, 3.8) is 0 Å². The van der Waals surface area contributed by atoms with Crippen LogP contribution in [0.4, 0.5) is 0 Å². The standard InChI is InChI=1S/C22H29N5O/c1-15(2)27-18-12-6-5-11-17(18)20(25-27)22-24-23-21(28-22)19-13-7-8-14-26(19)16-9-3-4-10-16/h5-6,11-12,15-16,19H,3-4,7-10,13-14H2,1-2H3. The molecule has 2 aliphatic rings. The van der Waals surface area contributed by atoms with Crippen molar-refractivity contribution >= 4 is 10.9 Å². The average molecular weight is 380 g/mol. The van der Waals surface area contributed by atoms with E-state index in [1.54, 1.807) is 0 Å². The topological polar surface area (TPSA) is 60.0 Å². The highest BCUT2D eigenvalue weighted by atomic mass is 16.4. The van der Waals surface area contributed by atoms with E-state index in [9.17, 15) is 0 Å². The van der Waals surface area contributed by atoms with Crippen molar-refractivity contribution in [2.24, 2.45) is 0 Å². The Labute approximate surface area is 165 Å². The van der Waals surface area contributed by atoms with Gasteiger partial charge in [-0.25, -0.2) is 0 Å². The lowest BCUT2D eigenvalue weighted by molar-refractivity contribution is 0.0795. The number of benzene rings is 1. The van der Waals surface area contributed by atoms with Gasteiger partial charge in [-0.2, -0.15) is 5.10 Å². The van der Waals surface area contributed by atoms with Gasteiger partial charge in [-0.15, -0.1) is 10.2 Å². The number of piperidine rings is 1. The number of hydrogen-bond acceptors (Lipinski definition) is 5.